The molecule has 2 amide bonds. The maximum absolute atomic E-state index is 13.1. The molecule has 1 unspecified atom stereocenters. The van der Waals surface area contributed by atoms with E-state index in [1.165, 1.54) is 0 Å². The van der Waals surface area contributed by atoms with Crippen molar-refractivity contribution in [2.45, 2.75) is 18.9 Å². The number of halogens is 1. The van der Waals surface area contributed by atoms with Crippen LogP contribution in [0, 0.1) is 5.82 Å². The minimum atomic E-state index is -1.24. The fourth-order valence-corrected chi connectivity index (χ4v) is 1.98. The molecule has 1 fully saturated rings. The number of carboxylic acids is 1. The quantitative estimate of drug-likeness (QED) is 0.786. The number of ether oxygens (including phenoxy) is 1. The molecule has 1 saturated heterocycles. The Kier molecular flexibility index (Phi) is 4.52. The fraction of sp³-hybridized carbons (Fsp3) is 0.385. The van der Waals surface area contributed by atoms with Crippen molar-refractivity contribution < 1.29 is 23.8 Å². The van der Waals surface area contributed by atoms with Gasteiger partial charge in [-0.1, -0.05) is 0 Å². The summed E-state index contributed by atoms with van der Waals surface area (Å²) in [7, 11) is 0. The normalized spacial score (nSPS) is 17.8. The van der Waals surface area contributed by atoms with Crippen LogP contribution in [-0.2, 0) is 4.74 Å². The van der Waals surface area contributed by atoms with Gasteiger partial charge in [0.2, 0.25) is 0 Å². The van der Waals surface area contributed by atoms with Crippen LogP contribution in [0.4, 0.5) is 14.9 Å². The van der Waals surface area contributed by atoms with Gasteiger partial charge in [-0.25, -0.2) is 14.0 Å². The second kappa shape index (κ2) is 6.33. The number of carbonyl (C=O) groups excluding carboxylic acids is 1. The number of urea groups is 1. The van der Waals surface area contributed by atoms with Crippen LogP contribution in [0.2, 0.25) is 0 Å². The van der Waals surface area contributed by atoms with Crippen LogP contribution >= 0.6 is 0 Å². The smallest absolute Gasteiger partial charge is 0.337 e. The van der Waals surface area contributed by atoms with Crippen molar-refractivity contribution in [3.63, 3.8) is 0 Å². The van der Waals surface area contributed by atoms with Crippen LogP contribution in [0.15, 0.2) is 18.2 Å². The van der Waals surface area contributed by atoms with Gasteiger partial charge in [-0.3, -0.25) is 0 Å². The van der Waals surface area contributed by atoms with E-state index in [1.54, 1.807) is 0 Å². The highest BCUT2D eigenvalue weighted by atomic mass is 19.1. The SMILES string of the molecule is O=C(NCC1CCCO1)Nc1cc(F)ccc1C(=O)O. The van der Waals surface area contributed by atoms with E-state index in [1.807, 2.05) is 0 Å². The van der Waals surface area contributed by atoms with Gasteiger partial charge in [0, 0.05) is 13.2 Å². The van der Waals surface area contributed by atoms with Gasteiger partial charge in [0.15, 0.2) is 0 Å². The topological polar surface area (TPSA) is 87.7 Å². The summed E-state index contributed by atoms with van der Waals surface area (Å²) in [6.45, 7) is 1.02. The van der Waals surface area contributed by atoms with E-state index in [0.717, 1.165) is 31.0 Å². The molecule has 0 spiro atoms. The third-order valence-corrected chi connectivity index (χ3v) is 2.97. The van der Waals surface area contributed by atoms with E-state index in [4.69, 9.17) is 9.84 Å². The van der Waals surface area contributed by atoms with Crippen LogP contribution in [0.5, 0.6) is 0 Å². The molecule has 0 aliphatic carbocycles. The van der Waals surface area contributed by atoms with Gasteiger partial charge in [-0.15, -0.1) is 0 Å². The molecule has 1 aromatic rings. The van der Waals surface area contributed by atoms with Crippen molar-refractivity contribution >= 4 is 17.7 Å². The first-order chi connectivity index (χ1) is 9.56. The van der Waals surface area contributed by atoms with Crippen molar-refractivity contribution in [3.8, 4) is 0 Å². The second-order valence-electron chi connectivity index (χ2n) is 4.47. The molecule has 0 aromatic heterocycles. The number of hydrogen-bond donors (Lipinski definition) is 3. The summed E-state index contributed by atoms with van der Waals surface area (Å²) in [6.07, 6.45) is 1.81. The van der Waals surface area contributed by atoms with E-state index in [2.05, 4.69) is 10.6 Å². The zero-order chi connectivity index (χ0) is 14.5. The molecule has 0 saturated carbocycles. The first-order valence-electron chi connectivity index (χ1n) is 6.25. The summed E-state index contributed by atoms with van der Waals surface area (Å²) in [5, 5.41) is 13.9. The number of carbonyl (C=O) groups is 2. The minimum absolute atomic E-state index is 0.0211. The van der Waals surface area contributed by atoms with Crippen molar-refractivity contribution in [1.82, 2.24) is 5.32 Å². The molecular formula is C13H15FN2O4. The van der Waals surface area contributed by atoms with Gasteiger partial charge < -0.3 is 20.5 Å². The van der Waals surface area contributed by atoms with Crippen molar-refractivity contribution in [2.24, 2.45) is 0 Å². The number of anilines is 1. The van der Waals surface area contributed by atoms with Crippen LogP contribution in [0.25, 0.3) is 0 Å². The summed E-state index contributed by atoms with van der Waals surface area (Å²) in [5.74, 6) is -1.86. The van der Waals surface area contributed by atoms with Gasteiger partial charge in [-0.2, -0.15) is 0 Å². The van der Waals surface area contributed by atoms with E-state index in [-0.39, 0.29) is 17.4 Å². The Morgan fingerprint density at radius 2 is 2.25 bits per heavy atom. The lowest BCUT2D eigenvalue weighted by Gasteiger charge is -2.13. The molecule has 1 aliphatic rings. The van der Waals surface area contributed by atoms with Crippen molar-refractivity contribution in [3.05, 3.63) is 29.6 Å². The average Bonchev–Trinajstić information content (AvgIpc) is 2.89. The molecule has 1 heterocycles. The lowest BCUT2D eigenvalue weighted by atomic mass is 10.2. The second-order valence-corrected chi connectivity index (χ2v) is 4.47. The third kappa shape index (κ3) is 3.67. The largest absolute Gasteiger partial charge is 0.478 e. The van der Waals surface area contributed by atoms with E-state index < -0.39 is 17.8 Å². The highest BCUT2D eigenvalue weighted by Gasteiger charge is 2.17. The number of benzene rings is 1. The summed E-state index contributed by atoms with van der Waals surface area (Å²) >= 11 is 0. The van der Waals surface area contributed by atoms with Crippen LogP contribution in [-0.4, -0.2) is 36.4 Å². The van der Waals surface area contributed by atoms with Crippen LogP contribution < -0.4 is 10.6 Å². The first-order valence-corrected chi connectivity index (χ1v) is 6.25. The summed E-state index contributed by atoms with van der Waals surface area (Å²) in [4.78, 5) is 22.6. The molecule has 0 bridgehead atoms. The van der Waals surface area contributed by atoms with Crippen LogP contribution in [0.1, 0.15) is 23.2 Å². The lowest BCUT2D eigenvalue weighted by Crippen LogP contribution is -2.35. The molecule has 3 N–H and O–H groups in total. The molecule has 0 radical (unpaired) electrons. The Labute approximate surface area is 114 Å². The molecule has 1 aromatic carbocycles. The molecule has 1 aliphatic heterocycles. The first kappa shape index (κ1) is 14.3. The predicted molar refractivity (Wildman–Crippen MR) is 69.4 cm³/mol. The molecular weight excluding hydrogens is 267 g/mol. The van der Waals surface area contributed by atoms with E-state index in [0.29, 0.717) is 13.2 Å². The molecule has 2 rings (SSSR count). The Balaban J connectivity index is 1.96. The van der Waals surface area contributed by atoms with Gasteiger partial charge >= 0.3 is 12.0 Å². The van der Waals surface area contributed by atoms with E-state index >= 15 is 0 Å². The number of aromatic carboxylic acids is 1. The van der Waals surface area contributed by atoms with Crippen molar-refractivity contribution in [2.75, 3.05) is 18.5 Å². The Hall–Kier alpha value is -2.15. The Morgan fingerprint density at radius 3 is 2.90 bits per heavy atom. The standard InChI is InChI=1S/C13H15FN2O4/c14-8-3-4-10(12(17)18)11(6-8)16-13(19)15-7-9-2-1-5-20-9/h3-4,6,9H,1-2,5,7H2,(H,17,18)(H2,15,16,19). The highest BCUT2D eigenvalue weighted by molar-refractivity contribution is 5.99. The van der Waals surface area contributed by atoms with Crippen LogP contribution in [0.3, 0.4) is 0 Å². The fourth-order valence-electron chi connectivity index (χ4n) is 1.98. The summed E-state index contributed by atoms with van der Waals surface area (Å²) in [6, 6.07) is 2.51. The third-order valence-electron chi connectivity index (χ3n) is 2.97. The zero-order valence-corrected chi connectivity index (χ0v) is 10.7. The number of carboxylic acid groups (broad SMARTS) is 1. The zero-order valence-electron chi connectivity index (χ0n) is 10.7. The Morgan fingerprint density at radius 1 is 1.45 bits per heavy atom. The monoisotopic (exact) mass is 282 g/mol. The summed E-state index contributed by atoms with van der Waals surface area (Å²) < 4.78 is 18.4. The molecule has 20 heavy (non-hydrogen) atoms. The molecule has 6 nitrogen and oxygen atoms in total. The van der Waals surface area contributed by atoms with Gasteiger partial charge in [0.1, 0.15) is 5.82 Å². The average molecular weight is 282 g/mol. The number of rotatable bonds is 4. The van der Waals surface area contributed by atoms with Gasteiger partial charge in [0.05, 0.1) is 17.4 Å². The lowest BCUT2D eigenvalue weighted by molar-refractivity contribution is 0.0698. The number of amides is 2. The molecule has 7 heteroatoms. The van der Waals surface area contributed by atoms with Crippen molar-refractivity contribution in [1.29, 1.82) is 0 Å². The highest BCUT2D eigenvalue weighted by Crippen LogP contribution is 2.17. The minimum Gasteiger partial charge on any atom is -0.478 e. The maximum Gasteiger partial charge on any atom is 0.337 e. The number of nitrogens with one attached hydrogen (secondary N) is 2. The number of hydrogen-bond acceptors (Lipinski definition) is 3. The summed E-state index contributed by atoms with van der Waals surface area (Å²) in [5.41, 5.74) is -0.249. The maximum atomic E-state index is 13.1. The molecule has 108 valence electrons. The Bertz CT molecular complexity index is 515. The molecule has 1 atom stereocenters. The van der Waals surface area contributed by atoms with Gasteiger partial charge in [-0.05, 0) is 31.0 Å². The van der Waals surface area contributed by atoms with Gasteiger partial charge in [0.25, 0.3) is 0 Å². The predicted octanol–water partition coefficient (Wildman–Crippen LogP) is 1.82. The van der Waals surface area contributed by atoms with E-state index in [9.17, 15) is 14.0 Å².